The van der Waals surface area contributed by atoms with Crippen LogP contribution in [0, 0.1) is 6.92 Å². The van der Waals surface area contributed by atoms with Gasteiger partial charge in [0.15, 0.2) is 0 Å². The second-order valence-electron chi connectivity index (χ2n) is 5.74. The minimum Gasteiger partial charge on any atom is -0.370 e. The average molecular weight is 333 g/mol. The van der Waals surface area contributed by atoms with Crippen LogP contribution in [-0.4, -0.2) is 29.7 Å². The third-order valence-corrected chi connectivity index (χ3v) is 6.06. The largest absolute Gasteiger partial charge is 0.370 e. The highest BCUT2D eigenvalue weighted by atomic mass is 32.2. The number of aryl methyl sites for hydroxylation is 1. The summed E-state index contributed by atoms with van der Waals surface area (Å²) in [7, 11) is -3.68. The summed E-state index contributed by atoms with van der Waals surface area (Å²) in [4.78, 5) is 11.7. The van der Waals surface area contributed by atoms with Crippen LogP contribution < -0.4 is 5.73 Å². The molecule has 0 fully saturated rings. The Kier molecular flexibility index (Phi) is 3.99. The summed E-state index contributed by atoms with van der Waals surface area (Å²) in [6.07, 6.45) is 1.86. The Morgan fingerprint density at radius 1 is 1.22 bits per heavy atom. The van der Waals surface area contributed by atoms with Gasteiger partial charge in [-0.25, -0.2) is 8.42 Å². The van der Waals surface area contributed by atoms with E-state index in [2.05, 4.69) is 0 Å². The monoisotopic (exact) mass is 333 g/mol. The van der Waals surface area contributed by atoms with Crippen molar-refractivity contribution in [2.24, 2.45) is 5.73 Å². The molecule has 6 nitrogen and oxygen atoms in total. The molecular weight excluding hydrogens is 314 g/mol. The van der Waals surface area contributed by atoms with Crippen molar-refractivity contribution in [3.63, 3.8) is 0 Å². The summed E-state index contributed by atoms with van der Waals surface area (Å²) in [5.41, 5.74) is 7.13. The topological polar surface area (TPSA) is 85.4 Å². The number of nitrogens with zero attached hydrogens (tertiary/aromatic N) is 2. The van der Waals surface area contributed by atoms with E-state index in [1.165, 1.54) is 4.31 Å². The van der Waals surface area contributed by atoms with Gasteiger partial charge in [-0.2, -0.15) is 4.31 Å². The number of primary amides is 1. The van der Waals surface area contributed by atoms with Crippen LogP contribution in [0.1, 0.15) is 23.7 Å². The van der Waals surface area contributed by atoms with Gasteiger partial charge in [0, 0.05) is 31.4 Å². The first-order valence-electron chi connectivity index (χ1n) is 7.41. The quantitative estimate of drug-likeness (QED) is 0.918. The van der Waals surface area contributed by atoms with Gasteiger partial charge in [-0.05, 0) is 31.2 Å². The molecule has 0 bridgehead atoms. The van der Waals surface area contributed by atoms with Crippen molar-refractivity contribution >= 4 is 15.9 Å². The molecule has 1 aliphatic rings. The Bertz CT molecular complexity index is 825. The second kappa shape index (κ2) is 5.82. The SMILES string of the molecule is Cc1ccc(S(=O)(=O)N2CCn3cccc3C2CC(N)=O)cc1. The fourth-order valence-electron chi connectivity index (χ4n) is 2.97. The zero-order valence-corrected chi connectivity index (χ0v) is 13.7. The molecule has 0 saturated heterocycles. The second-order valence-corrected chi connectivity index (χ2v) is 7.63. The normalized spacial score (nSPS) is 18.6. The molecule has 0 radical (unpaired) electrons. The summed E-state index contributed by atoms with van der Waals surface area (Å²) in [5.74, 6) is -0.520. The molecule has 1 atom stereocenters. The molecule has 2 aromatic rings. The lowest BCUT2D eigenvalue weighted by molar-refractivity contribution is -0.119. The lowest BCUT2D eigenvalue weighted by Crippen LogP contribution is -2.43. The van der Waals surface area contributed by atoms with E-state index >= 15 is 0 Å². The Hall–Kier alpha value is -2.12. The van der Waals surface area contributed by atoms with E-state index < -0.39 is 22.0 Å². The number of nitrogens with two attached hydrogens (primary N) is 1. The van der Waals surface area contributed by atoms with Gasteiger partial charge in [0.1, 0.15) is 0 Å². The maximum atomic E-state index is 13.0. The van der Waals surface area contributed by atoms with E-state index in [1.54, 1.807) is 24.3 Å². The number of fused-ring (bicyclic) bond motifs is 1. The first-order valence-corrected chi connectivity index (χ1v) is 8.85. The van der Waals surface area contributed by atoms with Crippen molar-refractivity contribution in [3.05, 3.63) is 53.9 Å². The molecule has 1 unspecified atom stereocenters. The predicted molar refractivity (Wildman–Crippen MR) is 86.1 cm³/mol. The highest BCUT2D eigenvalue weighted by Crippen LogP contribution is 2.33. The smallest absolute Gasteiger partial charge is 0.243 e. The van der Waals surface area contributed by atoms with Crippen LogP contribution in [0.5, 0.6) is 0 Å². The van der Waals surface area contributed by atoms with Crippen LogP contribution in [0.4, 0.5) is 0 Å². The molecule has 3 rings (SSSR count). The molecule has 122 valence electrons. The van der Waals surface area contributed by atoms with Gasteiger partial charge in [-0.1, -0.05) is 17.7 Å². The number of sulfonamides is 1. The van der Waals surface area contributed by atoms with Gasteiger partial charge >= 0.3 is 0 Å². The van der Waals surface area contributed by atoms with E-state index in [9.17, 15) is 13.2 Å². The van der Waals surface area contributed by atoms with Crippen molar-refractivity contribution < 1.29 is 13.2 Å². The predicted octanol–water partition coefficient (Wildman–Crippen LogP) is 1.42. The fourth-order valence-corrected chi connectivity index (χ4v) is 4.56. The summed E-state index contributed by atoms with van der Waals surface area (Å²) in [6.45, 7) is 2.78. The first-order chi connectivity index (χ1) is 10.9. The van der Waals surface area contributed by atoms with Gasteiger partial charge < -0.3 is 10.3 Å². The zero-order valence-electron chi connectivity index (χ0n) is 12.8. The molecule has 0 saturated carbocycles. The van der Waals surface area contributed by atoms with Crippen molar-refractivity contribution in [2.75, 3.05) is 6.54 Å². The molecule has 7 heteroatoms. The van der Waals surface area contributed by atoms with E-state index in [4.69, 9.17) is 5.73 Å². The van der Waals surface area contributed by atoms with Crippen LogP contribution in [0.2, 0.25) is 0 Å². The minimum absolute atomic E-state index is 0.0326. The summed E-state index contributed by atoms with van der Waals surface area (Å²) in [5, 5.41) is 0. The standard InChI is InChI=1S/C16H19N3O3S/c1-12-4-6-13(7-5-12)23(21,22)19-10-9-18-8-2-3-14(18)15(19)11-16(17)20/h2-8,15H,9-11H2,1H3,(H2,17,20). The number of aromatic nitrogens is 1. The summed E-state index contributed by atoms with van der Waals surface area (Å²) >= 11 is 0. The molecule has 2 N–H and O–H groups in total. The molecule has 23 heavy (non-hydrogen) atoms. The van der Waals surface area contributed by atoms with Crippen molar-refractivity contribution in [1.29, 1.82) is 0 Å². The van der Waals surface area contributed by atoms with Gasteiger partial charge in [-0.3, -0.25) is 4.79 Å². The lowest BCUT2D eigenvalue weighted by atomic mass is 10.1. The average Bonchev–Trinajstić information content (AvgIpc) is 2.96. The van der Waals surface area contributed by atoms with Gasteiger partial charge in [-0.15, -0.1) is 0 Å². The van der Waals surface area contributed by atoms with Crippen LogP contribution in [-0.2, 0) is 21.4 Å². The van der Waals surface area contributed by atoms with E-state index in [0.29, 0.717) is 13.1 Å². The lowest BCUT2D eigenvalue weighted by Gasteiger charge is -2.35. The van der Waals surface area contributed by atoms with Crippen LogP contribution in [0.25, 0.3) is 0 Å². The van der Waals surface area contributed by atoms with Crippen molar-refractivity contribution in [1.82, 2.24) is 8.87 Å². The molecule has 1 amide bonds. The van der Waals surface area contributed by atoms with E-state index in [1.807, 2.05) is 29.8 Å². The van der Waals surface area contributed by atoms with Gasteiger partial charge in [0.05, 0.1) is 10.9 Å². The van der Waals surface area contributed by atoms with E-state index in [0.717, 1.165) is 11.3 Å². The van der Waals surface area contributed by atoms with E-state index in [-0.39, 0.29) is 11.3 Å². The number of hydrogen-bond donors (Lipinski definition) is 1. The Labute approximate surface area is 135 Å². The third-order valence-electron chi connectivity index (χ3n) is 4.14. The Balaban J connectivity index is 2.03. The molecule has 1 aliphatic heterocycles. The number of rotatable bonds is 4. The highest BCUT2D eigenvalue weighted by molar-refractivity contribution is 7.89. The molecule has 1 aromatic heterocycles. The number of carbonyl (C=O) groups excluding carboxylic acids is 1. The van der Waals surface area contributed by atoms with Gasteiger partial charge in [0.2, 0.25) is 15.9 Å². The van der Waals surface area contributed by atoms with Gasteiger partial charge in [0.25, 0.3) is 0 Å². The molecule has 1 aromatic carbocycles. The van der Waals surface area contributed by atoms with Crippen molar-refractivity contribution in [2.45, 2.75) is 30.8 Å². The Morgan fingerprint density at radius 3 is 2.57 bits per heavy atom. The maximum absolute atomic E-state index is 13.0. The number of hydrogen-bond acceptors (Lipinski definition) is 3. The summed E-state index contributed by atoms with van der Waals surface area (Å²) < 4.78 is 29.3. The molecular formula is C16H19N3O3S. The highest BCUT2D eigenvalue weighted by Gasteiger charge is 2.37. The zero-order chi connectivity index (χ0) is 16.6. The number of amides is 1. The third kappa shape index (κ3) is 2.89. The summed E-state index contributed by atoms with van der Waals surface area (Å²) in [6, 6.07) is 9.85. The molecule has 2 heterocycles. The van der Waals surface area contributed by atoms with Crippen LogP contribution in [0.15, 0.2) is 47.5 Å². The maximum Gasteiger partial charge on any atom is 0.243 e. The Morgan fingerprint density at radius 2 is 1.91 bits per heavy atom. The number of carbonyl (C=O) groups is 1. The molecule has 0 aliphatic carbocycles. The fraction of sp³-hybridized carbons (Fsp3) is 0.312. The van der Waals surface area contributed by atoms with Crippen LogP contribution >= 0.6 is 0 Å². The van der Waals surface area contributed by atoms with Crippen molar-refractivity contribution in [3.8, 4) is 0 Å². The molecule has 0 spiro atoms. The van der Waals surface area contributed by atoms with Crippen LogP contribution in [0.3, 0.4) is 0 Å². The number of benzene rings is 1. The first kappa shape index (κ1) is 15.8. The minimum atomic E-state index is -3.68.